The highest BCUT2D eigenvalue weighted by Crippen LogP contribution is 1.93. The number of hydrogen-bond donors (Lipinski definition) is 0. The lowest BCUT2D eigenvalue weighted by atomic mass is 10.2. The molecule has 0 spiro atoms. The molecule has 0 nitrogen and oxygen atoms in total. The highest BCUT2D eigenvalue weighted by Gasteiger charge is 1.80. The standard InChI is InChI=1S/C5H12.C3H8.4C2H6/c1-4-5(2)3;1-3-2;4*1-2/h5H,4H2,1-3H3;3H2,1-2H3;4*1-2H3. The summed E-state index contributed by atoms with van der Waals surface area (Å²) in [5, 5.41) is 0. The van der Waals surface area contributed by atoms with Gasteiger partial charge in [0.2, 0.25) is 0 Å². The molecule has 0 aromatic rings. The Morgan fingerprint density at radius 1 is 0.562 bits per heavy atom. The van der Waals surface area contributed by atoms with Crippen molar-refractivity contribution in [3.63, 3.8) is 0 Å². The van der Waals surface area contributed by atoms with Crippen molar-refractivity contribution in [3.8, 4) is 0 Å². The lowest BCUT2D eigenvalue weighted by molar-refractivity contribution is 0.626. The molecular formula is C16H44. The van der Waals surface area contributed by atoms with E-state index in [9.17, 15) is 0 Å². The molecule has 0 heteroatoms. The second-order valence-corrected chi connectivity index (χ2v) is 2.51. The molecule has 0 aromatic heterocycles. The first-order valence-electron chi connectivity index (χ1n) is 7.68. The largest absolute Gasteiger partial charge is 0.0683 e. The summed E-state index contributed by atoms with van der Waals surface area (Å²) in [7, 11) is 0. The number of hydrogen-bond acceptors (Lipinski definition) is 0. The van der Waals surface area contributed by atoms with Crippen molar-refractivity contribution >= 4 is 0 Å². The summed E-state index contributed by atoms with van der Waals surface area (Å²) in [6.45, 7) is 26.9. The van der Waals surface area contributed by atoms with Gasteiger partial charge < -0.3 is 0 Å². The van der Waals surface area contributed by atoms with Crippen LogP contribution in [0.5, 0.6) is 0 Å². The van der Waals surface area contributed by atoms with E-state index in [0.717, 1.165) is 5.92 Å². The second kappa shape index (κ2) is 118. The van der Waals surface area contributed by atoms with Crippen molar-refractivity contribution in [2.45, 2.75) is 103 Å². The second-order valence-electron chi connectivity index (χ2n) is 2.51. The third-order valence-corrected chi connectivity index (χ3v) is 0.816. The molecule has 0 amide bonds. The van der Waals surface area contributed by atoms with Crippen LogP contribution < -0.4 is 0 Å². The summed E-state index contributed by atoms with van der Waals surface area (Å²) in [6, 6.07) is 0. The topological polar surface area (TPSA) is 0 Å². The van der Waals surface area contributed by atoms with Gasteiger partial charge >= 0.3 is 0 Å². The minimum absolute atomic E-state index is 0.884. The fourth-order valence-electron chi connectivity index (χ4n) is 0. The maximum atomic E-state index is 2.22. The SMILES string of the molecule is CC.CC.CC.CC.CCC.CCC(C)C. The van der Waals surface area contributed by atoms with Crippen LogP contribution in [0.1, 0.15) is 103 Å². The van der Waals surface area contributed by atoms with Crippen LogP contribution in [0.4, 0.5) is 0 Å². The van der Waals surface area contributed by atoms with Crippen molar-refractivity contribution in [2.75, 3.05) is 0 Å². The molecule has 0 radical (unpaired) electrons. The Hall–Kier alpha value is 0. The van der Waals surface area contributed by atoms with Crippen LogP contribution in [0.2, 0.25) is 0 Å². The van der Waals surface area contributed by atoms with Gasteiger partial charge in [-0.25, -0.2) is 0 Å². The summed E-state index contributed by atoms with van der Waals surface area (Å²) < 4.78 is 0. The molecule has 0 saturated carbocycles. The van der Waals surface area contributed by atoms with Crippen LogP contribution in [0, 0.1) is 5.92 Å². The predicted molar refractivity (Wildman–Crippen MR) is 86.5 cm³/mol. The van der Waals surface area contributed by atoms with Gasteiger partial charge in [0.15, 0.2) is 0 Å². The summed E-state index contributed by atoms with van der Waals surface area (Å²) in [5.41, 5.74) is 0. The Morgan fingerprint density at radius 3 is 0.625 bits per heavy atom. The van der Waals surface area contributed by atoms with Crippen molar-refractivity contribution in [1.29, 1.82) is 0 Å². The van der Waals surface area contributed by atoms with E-state index in [2.05, 4.69) is 34.6 Å². The first-order chi connectivity index (χ1) is 7.68. The highest BCUT2D eigenvalue weighted by molar-refractivity contribution is 4.32. The molecule has 0 atom stereocenters. The molecular weight excluding hydrogens is 192 g/mol. The fourth-order valence-corrected chi connectivity index (χ4v) is 0. The zero-order valence-corrected chi connectivity index (χ0v) is 15.0. The first kappa shape index (κ1) is 36.0. The maximum Gasteiger partial charge on any atom is -0.0474 e. The van der Waals surface area contributed by atoms with E-state index in [-0.39, 0.29) is 0 Å². The average Bonchev–Trinajstić information content (AvgIpc) is 2.40. The molecule has 0 N–H and O–H groups in total. The van der Waals surface area contributed by atoms with Crippen LogP contribution in [-0.2, 0) is 0 Å². The monoisotopic (exact) mass is 236 g/mol. The lowest BCUT2D eigenvalue weighted by Gasteiger charge is -1.90. The van der Waals surface area contributed by atoms with Gasteiger partial charge in [0, 0.05) is 0 Å². The Morgan fingerprint density at radius 2 is 0.625 bits per heavy atom. The summed E-state index contributed by atoms with van der Waals surface area (Å²) in [4.78, 5) is 0. The summed E-state index contributed by atoms with van der Waals surface area (Å²) in [5.74, 6) is 0.884. The summed E-state index contributed by atoms with van der Waals surface area (Å²) >= 11 is 0. The maximum absolute atomic E-state index is 2.22. The van der Waals surface area contributed by atoms with E-state index in [1.165, 1.54) is 12.8 Å². The molecule has 0 fully saturated rings. The third kappa shape index (κ3) is 592. The van der Waals surface area contributed by atoms with Crippen LogP contribution in [0.15, 0.2) is 0 Å². The minimum Gasteiger partial charge on any atom is -0.0683 e. The number of rotatable bonds is 1. The van der Waals surface area contributed by atoms with Gasteiger partial charge in [-0.2, -0.15) is 0 Å². The Bertz CT molecular complexity index is 21.2. The Kier molecular flexibility index (Phi) is 265. The zero-order valence-electron chi connectivity index (χ0n) is 15.0. The van der Waals surface area contributed by atoms with Gasteiger partial charge in [0.1, 0.15) is 0 Å². The Balaban J connectivity index is -0.0000000201. The molecule has 108 valence electrons. The van der Waals surface area contributed by atoms with Crippen molar-refractivity contribution in [1.82, 2.24) is 0 Å². The smallest absolute Gasteiger partial charge is 0.0474 e. The third-order valence-electron chi connectivity index (χ3n) is 0.816. The van der Waals surface area contributed by atoms with Crippen LogP contribution in [-0.4, -0.2) is 0 Å². The van der Waals surface area contributed by atoms with Gasteiger partial charge in [-0.1, -0.05) is 103 Å². The molecule has 0 aliphatic heterocycles. The van der Waals surface area contributed by atoms with Crippen LogP contribution in [0.25, 0.3) is 0 Å². The van der Waals surface area contributed by atoms with Crippen molar-refractivity contribution in [3.05, 3.63) is 0 Å². The van der Waals surface area contributed by atoms with E-state index < -0.39 is 0 Å². The van der Waals surface area contributed by atoms with E-state index in [4.69, 9.17) is 0 Å². The lowest BCUT2D eigenvalue weighted by Crippen LogP contribution is -1.77. The van der Waals surface area contributed by atoms with E-state index in [1.807, 2.05) is 55.4 Å². The zero-order chi connectivity index (χ0) is 15.0. The van der Waals surface area contributed by atoms with E-state index in [1.54, 1.807) is 0 Å². The quantitative estimate of drug-likeness (QED) is 0.440. The molecule has 0 saturated heterocycles. The summed E-state index contributed by atoms with van der Waals surface area (Å²) in [6.07, 6.45) is 2.56. The first-order valence-corrected chi connectivity index (χ1v) is 7.68. The molecule has 16 heavy (non-hydrogen) atoms. The fraction of sp³-hybridized carbons (Fsp3) is 1.00. The van der Waals surface area contributed by atoms with Gasteiger partial charge in [-0.15, -0.1) is 0 Å². The molecule has 0 rings (SSSR count). The predicted octanol–water partition coefficient (Wildman–Crippen LogP) is 7.57. The molecule has 0 aromatic carbocycles. The normalized spacial score (nSPS) is 5.62. The van der Waals surface area contributed by atoms with Crippen LogP contribution >= 0.6 is 0 Å². The van der Waals surface area contributed by atoms with Crippen molar-refractivity contribution < 1.29 is 0 Å². The molecule has 0 bridgehead atoms. The van der Waals surface area contributed by atoms with Crippen LogP contribution in [0.3, 0.4) is 0 Å². The van der Waals surface area contributed by atoms with Gasteiger partial charge in [0.05, 0.1) is 0 Å². The molecule has 0 heterocycles. The van der Waals surface area contributed by atoms with Crippen molar-refractivity contribution in [2.24, 2.45) is 5.92 Å². The molecule has 0 aliphatic rings. The molecule has 0 unspecified atom stereocenters. The van der Waals surface area contributed by atoms with Gasteiger partial charge in [-0.3, -0.25) is 0 Å². The highest BCUT2D eigenvalue weighted by atomic mass is 13.9. The minimum atomic E-state index is 0.884. The van der Waals surface area contributed by atoms with Gasteiger partial charge in [-0.05, 0) is 5.92 Å². The van der Waals surface area contributed by atoms with E-state index >= 15 is 0 Å². The average molecular weight is 237 g/mol. The van der Waals surface area contributed by atoms with E-state index in [0.29, 0.717) is 0 Å². The Labute approximate surface area is 109 Å². The molecule has 0 aliphatic carbocycles. The van der Waals surface area contributed by atoms with Gasteiger partial charge in [0.25, 0.3) is 0 Å².